The Morgan fingerprint density at radius 1 is 1.14 bits per heavy atom. The van der Waals surface area contributed by atoms with E-state index in [1.54, 1.807) is 0 Å². The summed E-state index contributed by atoms with van der Waals surface area (Å²) in [6, 6.07) is 8.35. The highest BCUT2D eigenvalue weighted by Gasteiger charge is 2.35. The van der Waals surface area contributed by atoms with Gasteiger partial charge in [-0.15, -0.1) is 0 Å². The van der Waals surface area contributed by atoms with Crippen LogP contribution in [-0.4, -0.2) is 75.4 Å². The van der Waals surface area contributed by atoms with Crippen LogP contribution in [-0.2, 0) is 11.3 Å². The summed E-state index contributed by atoms with van der Waals surface area (Å²) >= 11 is 0. The number of fused-ring (bicyclic) bond motifs is 1. The number of morpholine rings is 1. The zero-order valence-electron chi connectivity index (χ0n) is 17.8. The van der Waals surface area contributed by atoms with Crippen molar-refractivity contribution in [1.82, 2.24) is 15.1 Å². The lowest BCUT2D eigenvalue weighted by Gasteiger charge is -2.26. The minimum absolute atomic E-state index is 0.710. The third-order valence-corrected chi connectivity index (χ3v) is 6.67. The van der Waals surface area contributed by atoms with Crippen molar-refractivity contribution in [1.29, 1.82) is 0 Å². The molecule has 1 aromatic rings. The van der Waals surface area contributed by atoms with Gasteiger partial charge in [0.15, 0.2) is 5.96 Å². The van der Waals surface area contributed by atoms with Crippen LogP contribution in [0.5, 0.6) is 5.75 Å². The SMILES string of the molecule is CN=C(NCc1ccccc1OCCN1CCOCC1)N1CC2CCCCC2C1. The summed E-state index contributed by atoms with van der Waals surface area (Å²) in [4.78, 5) is 9.43. The molecule has 4 rings (SSSR count). The molecule has 2 atom stereocenters. The predicted octanol–water partition coefficient (Wildman–Crippen LogP) is 2.59. The Kier molecular flexibility index (Phi) is 7.28. The average Bonchev–Trinajstić information content (AvgIpc) is 3.20. The van der Waals surface area contributed by atoms with Crippen LogP contribution in [0.4, 0.5) is 0 Å². The molecule has 160 valence electrons. The van der Waals surface area contributed by atoms with E-state index in [1.807, 2.05) is 13.1 Å². The van der Waals surface area contributed by atoms with Crippen molar-refractivity contribution in [2.45, 2.75) is 32.2 Å². The lowest BCUT2D eigenvalue weighted by molar-refractivity contribution is 0.0322. The fraction of sp³-hybridized carbons (Fsp3) is 0.696. The van der Waals surface area contributed by atoms with Crippen LogP contribution in [0.15, 0.2) is 29.3 Å². The summed E-state index contributed by atoms with van der Waals surface area (Å²) in [6.45, 7) is 8.37. The number of benzene rings is 1. The third kappa shape index (κ3) is 5.43. The molecule has 0 bridgehead atoms. The molecule has 29 heavy (non-hydrogen) atoms. The highest BCUT2D eigenvalue weighted by Crippen LogP contribution is 2.36. The highest BCUT2D eigenvalue weighted by atomic mass is 16.5. The van der Waals surface area contributed by atoms with Gasteiger partial charge >= 0.3 is 0 Å². The number of nitrogens with one attached hydrogen (secondary N) is 1. The van der Waals surface area contributed by atoms with Gasteiger partial charge in [-0.25, -0.2) is 0 Å². The number of rotatable bonds is 6. The summed E-state index contributed by atoms with van der Waals surface area (Å²) in [5, 5.41) is 3.59. The van der Waals surface area contributed by atoms with Gasteiger partial charge in [0.2, 0.25) is 0 Å². The van der Waals surface area contributed by atoms with E-state index in [1.165, 1.54) is 31.2 Å². The van der Waals surface area contributed by atoms with Crippen LogP contribution in [0.25, 0.3) is 0 Å². The van der Waals surface area contributed by atoms with Gasteiger partial charge in [0.05, 0.1) is 13.2 Å². The van der Waals surface area contributed by atoms with Gasteiger partial charge < -0.3 is 19.7 Å². The molecule has 3 fully saturated rings. The molecule has 2 aliphatic heterocycles. The fourth-order valence-corrected chi connectivity index (χ4v) is 4.99. The largest absolute Gasteiger partial charge is 0.492 e. The molecule has 2 heterocycles. The van der Waals surface area contributed by atoms with E-state index < -0.39 is 0 Å². The molecule has 0 amide bonds. The quantitative estimate of drug-likeness (QED) is 0.588. The number of hydrogen-bond acceptors (Lipinski definition) is 4. The maximum Gasteiger partial charge on any atom is 0.193 e. The summed E-state index contributed by atoms with van der Waals surface area (Å²) in [6.07, 6.45) is 5.57. The Bertz CT molecular complexity index is 661. The normalized spacial score (nSPS) is 25.7. The van der Waals surface area contributed by atoms with Gasteiger partial charge in [-0.2, -0.15) is 0 Å². The smallest absolute Gasteiger partial charge is 0.193 e. The maximum atomic E-state index is 6.13. The standard InChI is InChI=1S/C23H36N4O2/c1-24-23(27-17-20-7-2-3-8-21(20)18-27)25-16-19-6-4-5-9-22(19)29-15-12-26-10-13-28-14-11-26/h4-6,9,20-21H,2-3,7-8,10-18H2,1H3,(H,24,25). The van der Waals surface area contributed by atoms with Crippen molar-refractivity contribution in [3.8, 4) is 5.75 Å². The highest BCUT2D eigenvalue weighted by molar-refractivity contribution is 5.80. The molecule has 0 spiro atoms. The van der Waals surface area contributed by atoms with E-state index in [0.717, 1.165) is 76.0 Å². The zero-order chi connectivity index (χ0) is 19.9. The second kappa shape index (κ2) is 10.3. The summed E-state index contributed by atoms with van der Waals surface area (Å²) in [7, 11) is 1.90. The predicted molar refractivity (Wildman–Crippen MR) is 116 cm³/mol. The molecular formula is C23H36N4O2. The minimum atomic E-state index is 0.710. The number of ether oxygens (including phenoxy) is 2. The van der Waals surface area contributed by atoms with E-state index in [2.05, 4.69) is 38.3 Å². The molecule has 2 unspecified atom stereocenters. The molecule has 2 saturated heterocycles. The monoisotopic (exact) mass is 400 g/mol. The van der Waals surface area contributed by atoms with Crippen LogP contribution in [0.2, 0.25) is 0 Å². The van der Waals surface area contributed by atoms with Crippen LogP contribution >= 0.6 is 0 Å². The first kappa shape index (κ1) is 20.5. The maximum absolute atomic E-state index is 6.13. The number of para-hydroxylation sites is 1. The van der Waals surface area contributed by atoms with Crippen molar-refractivity contribution in [3.63, 3.8) is 0 Å². The van der Waals surface area contributed by atoms with Crippen molar-refractivity contribution in [3.05, 3.63) is 29.8 Å². The van der Waals surface area contributed by atoms with Gasteiger partial charge in [0.1, 0.15) is 12.4 Å². The lowest BCUT2D eigenvalue weighted by atomic mass is 9.82. The summed E-state index contributed by atoms with van der Waals surface area (Å²) in [5.74, 6) is 3.72. The van der Waals surface area contributed by atoms with Gasteiger partial charge in [-0.05, 0) is 30.7 Å². The number of aliphatic imine (C=N–C) groups is 1. The molecule has 3 aliphatic rings. The van der Waals surface area contributed by atoms with E-state index in [9.17, 15) is 0 Å². The van der Waals surface area contributed by atoms with Crippen molar-refractivity contribution < 1.29 is 9.47 Å². The van der Waals surface area contributed by atoms with Crippen LogP contribution < -0.4 is 10.1 Å². The molecular weight excluding hydrogens is 364 g/mol. The van der Waals surface area contributed by atoms with Gasteiger partial charge in [-0.1, -0.05) is 31.0 Å². The Balaban J connectivity index is 1.28. The Morgan fingerprint density at radius 3 is 2.59 bits per heavy atom. The molecule has 1 aliphatic carbocycles. The molecule has 1 N–H and O–H groups in total. The first-order valence-electron chi connectivity index (χ1n) is 11.3. The van der Waals surface area contributed by atoms with Crippen LogP contribution in [0.1, 0.15) is 31.2 Å². The lowest BCUT2D eigenvalue weighted by Crippen LogP contribution is -2.40. The van der Waals surface area contributed by atoms with E-state index in [0.29, 0.717) is 6.61 Å². The molecule has 6 nitrogen and oxygen atoms in total. The first-order valence-corrected chi connectivity index (χ1v) is 11.3. The Labute approximate surface area is 175 Å². The number of nitrogens with zero attached hydrogens (tertiary/aromatic N) is 3. The van der Waals surface area contributed by atoms with E-state index >= 15 is 0 Å². The Morgan fingerprint density at radius 2 is 1.86 bits per heavy atom. The molecule has 1 saturated carbocycles. The summed E-state index contributed by atoms with van der Waals surface area (Å²) < 4.78 is 11.5. The fourth-order valence-electron chi connectivity index (χ4n) is 4.99. The topological polar surface area (TPSA) is 49.3 Å². The number of hydrogen-bond donors (Lipinski definition) is 1. The molecule has 1 aromatic carbocycles. The molecule has 6 heteroatoms. The summed E-state index contributed by atoms with van der Waals surface area (Å²) in [5.41, 5.74) is 1.19. The van der Waals surface area contributed by atoms with Crippen molar-refractivity contribution in [2.75, 3.05) is 59.6 Å². The van der Waals surface area contributed by atoms with Gasteiger partial charge in [-0.3, -0.25) is 9.89 Å². The number of guanidine groups is 1. The average molecular weight is 401 g/mol. The first-order chi connectivity index (χ1) is 14.3. The Hall–Kier alpha value is -1.79. The van der Waals surface area contributed by atoms with Gasteiger partial charge in [0, 0.05) is 51.9 Å². The molecule has 0 radical (unpaired) electrons. The second-order valence-electron chi connectivity index (χ2n) is 8.52. The number of likely N-dealkylation sites (tertiary alicyclic amines) is 1. The van der Waals surface area contributed by atoms with Crippen LogP contribution in [0, 0.1) is 11.8 Å². The minimum Gasteiger partial charge on any atom is -0.492 e. The third-order valence-electron chi connectivity index (χ3n) is 6.67. The van der Waals surface area contributed by atoms with Crippen LogP contribution in [0.3, 0.4) is 0 Å². The van der Waals surface area contributed by atoms with E-state index in [4.69, 9.17) is 9.47 Å². The van der Waals surface area contributed by atoms with Gasteiger partial charge in [0.25, 0.3) is 0 Å². The second-order valence-corrected chi connectivity index (χ2v) is 8.52. The van der Waals surface area contributed by atoms with Crippen molar-refractivity contribution in [2.24, 2.45) is 16.8 Å². The zero-order valence-corrected chi connectivity index (χ0v) is 17.8. The van der Waals surface area contributed by atoms with E-state index in [-0.39, 0.29) is 0 Å². The van der Waals surface area contributed by atoms with Crippen molar-refractivity contribution >= 4 is 5.96 Å². The molecule has 0 aromatic heterocycles.